The van der Waals surface area contributed by atoms with E-state index in [1.807, 2.05) is 33.8 Å². The zero-order valence-electron chi connectivity index (χ0n) is 14.9. The number of nitrogens with two attached hydrogens (primary N) is 1. The molecular formula is C17H23BrN4O2S. The molecule has 0 saturated carbocycles. The fourth-order valence-electron chi connectivity index (χ4n) is 3.04. The van der Waals surface area contributed by atoms with Crippen molar-refractivity contribution in [1.82, 2.24) is 10.3 Å². The molecule has 1 aliphatic rings. The van der Waals surface area contributed by atoms with Crippen LogP contribution in [0.25, 0.3) is 10.2 Å². The predicted molar refractivity (Wildman–Crippen MR) is 106 cm³/mol. The number of hydrogen-bond donors (Lipinski definition) is 2. The molecule has 1 aromatic carbocycles. The average Bonchev–Trinajstić information content (AvgIpc) is 3.03. The van der Waals surface area contributed by atoms with Gasteiger partial charge >= 0.3 is 6.09 Å². The highest BCUT2D eigenvalue weighted by Gasteiger charge is 2.29. The molecule has 3 N–H and O–H groups in total. The molecule has 0 bridgehead atoms. The molecule has 1 aromatic heterocycles. The van der Waals surface area contributed by atoms with Crippen LogP contribution in [0.5, 0.6) is 0 Å². The zero-order chi connectivity index (χ0) is 18.4. The van der Waals surface area contributed by atoms with Crippen LogP contribution in [0, 0.1) is 6.92 Å². The molecule has 136 valence electrons. The Balaban J connectivity index is 1.79. The first-order chi connectivity index (χ1) is 11.6. The third-order valence-electron chi connectivity index (χ3n) is 3.96. The molecule has 2 aromatic rings. The largest absolute Gasteiger partial charge is 0.444 e. The molecular weight excluding hydrogens is 404 g/mol. The van der Waals surface area contributed by atoms with Gasteiger partial charge in [-0.05, 0) is 56.1 Å². The number of nitrogens with one attached hydrogen (secondary N) is 1. The van der Waals surface area contributed by atoms with Crippen molar-refractivity contribution in [2.45, 2.75) is 45.8 Å². The van der Waals surface area contributed by atoms with Crippen molar-refractivity contribution in [2.75, 3.05) is 23.7 Å². The van der Waals surface area contributed by atoms with E-state index in [2.05, 4.69) is 31.1 Å². The van der Waals surface area contributed by atoms with Gasteiger partial charge in [0.15, 0.2) is 0 Å². The summed E-state index contributed by atoms with van der Waals surface area (Å²) in [7, 11) is 0. The SMILES string of the molecule is Cc1nc2c(N3CC[C@H](NC(=O)OC(C)(C)C)C3)c(N)cc(Br)c2s1. The Hall–Kier alpha value is -1.54. The first-order valence-electron chi connectivity index (χ1n) is 8.23. The summed E-state index contributed by atoms with van der Waals surface area (Å²) < 4.78 is 7.41. The number of alkyl carbamates (subject to hydrolysis) is 1. The van der Waals surface area contributed by atoms with E-state index in [0.29, 0.717) is 12.2 Å². The van der Waals surface area contributed by atoms with Crippen LogP contribution in [0.2, 0.25) is 0 Å². The number of aryl methyl sites for hydroxylation is 1. The monoisotopic (exact) mass is 426 g/mol. The van der Waals surface area contributed by atoms with Crippen LogP contribution < -0.4 is 16.0 Å². The molecule has 1 aliphatic heterocycles. The summed E-state index contributed by atoms with van der Waals surface area (Å²) in [4.78, 5) is 18.9. The fourth-order valence-corrected chi connectivity index (χ4v) is 4.55. The van der Waals surface area contributed by atoms with Crippen LogP contribution in [-0.2, 0) is 4.74 Å². The zero-order valence-corrected chi connectivity index (χ0v) is 17.3. The summed E-state index contributed by atoms with van der Waals surface area (Å²) in [6.45, 7) is 9.08. The van der Waals surface area contributed by atoms with E-state index in [-0.39, 0.29) is 12.1 Å². The summed E-state index contributed by atoms with van der Waals surface area (Å²) in [5.74, 6) is 0. The van der Waals surface area contributed by atoms with Gasteiger partial charge in [0, 0.05) is 17.6 Å². The van der Waals surface area contributed by atoms with Gasteiger partial charge in [0.2, 0.25) is 0 Å². The number of anilines is 2. The Labute approximate surface area is 159 Å². The lowest BCUT2D eigenvalue weighted by molar-refractivity contribution is 0.0509. The highest BCUT2D eigenvalue weighted by molar-refractivity contribution is 9.10. The molecule has 1 atom stereocenters. The molecule has 2 heterocycles. The number of nitrogens with zero attached hydrogens (tertiary/aromatic N) is 2. The van der Waals surface area contributed by atoms with Crippen LogP contribution in [-0.4, -0.2) is 35.8 Å². The van der Waals surface area contributed by atoms with Crippen LogP contribution in [0.1, 0.15) is 32.2 Å². The Morgan fingerprint density at radius 1 is 1.52 bits per heavy atom. The normalized spacial score (nSPS) is 18.0. The standard InChI is InChI=1S/C17H23BrN4O2S/c1-9-20-13-14(12(19)7-11(18)15(13)25-9)22-6-5-10(8-22)21-16(23)24-17(2,3)4/h7,10H,5-6,8,19H2,1-4H3,(H,21,23)/t10-/m0/s1. The second-order valence-corrected chi connectivity index (χ2v) is 9.34. The van der Waals surface area contributed by atoms with Gasteiger partial charge in [0.1, 0.15) is 11.1 Å². The van der Waals surface area contributed by atoms with Crippen molar-refractivity contribution in [3.8, 4) is 0 Å². The quantitative estimate of drug-likeness (QED) is 0.707. The lowest BCUT2D eigenvalue weighted by Crippen LogP contribution is -2.40. The number of benzene rings is 1. The number of carbonyl (C=O) groups is 1. The van der Waals surface area contributed by atoms with Gasteiger partial charge in [0.25, 0.3) is 0 Å². The lowest BCUT2D eigenvalue weighted by atomic mass is 10.2. The smallest absolute Gasteiger partial charge is 0.407 e. The number of carbonyl (C=O) groups excluding carboxylic acids is 1. The summed E-state index contributed by atoms with van der Waals surface area (Å²) in [6.07, 6.45) is 0.470. The number of amides is 1. The van der Waals surface area contributed by atoms with Crippen LogP contribution in [0.4, 0.5) is 16.2 Å². The van der Waals surface area contributed by atoms with Gasteiger partial charge in [0.05, 0.1) is 27.1 Å². The van der Waals surface area contributed by atoms with Crippen molar-refractivity contribution in [3.63, 3.8) is 0 Å². The Morgan fingerprint density at radius 2 is 2.24 bits per heavy atom. The third-order valence-corrected chi connectivity index (χ3v) is 5.85. The Bertz CT molecular complexity index is 815. The molecule has 8 heteroatoms. The Kier molecular flexibility index (Phi) is 4.85. The van der Waals surface area contributed by atoms with E-state index < -0.39 is 5.60 Å². The van der Waals surface area contributed by atoms with Gasteiger partial charge in [-0.1, -0.05) is 0 Å². The Morgan fingerprint density at radius 3 is 2.92 bits per heavy atom. The van der Waals surface area contributed by atoms with Crippen molar-refractivity contribution in [3.05, 3.63) is 15.5 Å². The summed E-state index contributed by atoms with van der Waals surface area (Å²) >= 11 is 5.22. The predicted octanol–water partition coefficient (Wildman–Crippen LogP) is 4.05. The summed E-state index contributed by atoms with van der Waals surface area (Å²) in [5, 5.41) is 3.95. The molecule has 3 rings (SSSR count). The van der Waals surface area contributed by atoms with Gasteiger partial charge in [-0.2, -0.15) is 0 Å². The number of nitrogen functional groups attached to an aromatic ring is 1. The van der Waals surface area contributed by atoms with E-state index >= 15 is 0 Å². The van der Waals surface area contributed by atoms with Crippen molar-refractivity contribution in [1.29, 1.82) is 0 Å². The van der Waals surface area contributed by atoms with Crippen LogP contribution in [0.15, 0.2) is 10.5 Å². The molecule has 6 nitrogen and oxygen atoms in total. The van der Waals surface area contributed by atoms with Crippen molar-refractivity contribution in [2.24, 2.45) is 0 Å². The number of halogens is 1. The van der Waals surface area contributed by atoms with Crippen LogP contribution in [0.3, 0.4) is 0 Å². The van der Waals surface area contributed by atoms with E-state index in [0.717, 1.165) is 38.3 Å². The molecule has 0 spiro atoms. The van der Waals surface area contributed by atoms with E-state index in [4.69, 9.17) is 10.5 Å². The molecule has 1 fully saturated rings. The highest BCUT2D eigenvalue weighted by atomic mass is 79.9. The first kappa shape index (κ1) is 18.3. The molecule has 0 unspecified atom stereocenters. The minimum Gasteiger partial charge on any atom is -0.444 e. The molecule has 0 aliphatic carbocycles. The molecule has 0 radical (unpaired) electrons. The van der Waals surface area contributed by atoms with Crippen molar-refractivity contribution < 1.29 is 9.53 Å². The lowest BCUT2D eigenvalue weighted by Gasteiger charge is -2.23. The minimum atomic E-state index is -0.497. The highest BCUT2D eigenvalue weighted by Crippen LogP contribution is 2.41. The van der Waals surface area contributed by atoms with Gasteiger partial charge < -0.3 is 20.7 Å². The maximum atomic E-state index is 12.0. The van der Waals surface area contributed by atoms with Crippen molar-refractivity contribution >= 4 is 55.0 Å². The average molecular weight is 427 g/mol. The maximum absolute atomic E-state index is 12.0. The minimum absolute atomic E-state index is 0.0349. The first-order valence-corrected chi connectivity index (χ1v) is 9.84. The third kappa shape index (κ3) is 4.00. The second kappa shape index (κ2) is 6.64. The summed E-state index contributed by atoms with van der Waals surface area (Å²) in [6, 6.07) is 1.97. The van der Waals surface area contributed by atoms with Gasteiger partial charge in [-0.3, -0.25) is 0 Å². The summed E-state index contributed by atoms with van der Waals surface area (Å²) in [5.41, 5.74) is 8.37. The fraction of sp³-hybridized carbons (Fsp3) is 0.529. The van der Waals surface area contributed by atoms with E-state index in [1.54, 1.807) is 11.3 Å². The number of fused-ring (bicyclic) bond motifs is 1. The topological polar surface area (TPSA) is 80.5 Å². The molecule has 1 amide bonds. The number of rotatable bonds is 2. The van der Waals surface area contributed by atoms with E-state index in [1.165, 1.54) is 0 Å². The number of ether oxygens (including phenoxy) is 1. The van der Waals surface area contributed by atoms with Crippen LogP contribution >= 0.6 is 27.3 Å². The molecule has 25 heavy (non-hydrogen) atoms. The van der Waals surface area contributed by atoms with E-state index in [9.17, 15) is 4.79 Å². The maximum Gasteiger partial charge on any atom is 0.407 e. The number of hydrogen-bond acceptors (Lipinski definition) is 6. The number of aromatic nitrogens is 1. The van der Waals surface area contributed by atoms with Gasteiger partial charge in [-0.15, -0.1) is 11.3 Å². The number of thiazole rings is 1. The van der Waals surface area contributed by atoms with Gasteiger partial charge in [-0.25, -0.2) is 9.78 Å². The molecule has 1 saturated heterocycles. The second-order valence-electron chi connectivity index (χ2n) is 7.28.